The Kier molecular flexibility index (Phi) is 18.4. The lowest BCUT2D eigenvalue weighted by Crippen LogP contribution is -2.65. The van der Waals surface area contributed by atoms with Gasteiger partial charge in [-0.2, -0.15) is 0 Å². The van der Waals surface area contributed by atoms with Gasteiger partial charge in [-0.25, -0.2) is 0 Å². The SMILES string of the molecule is CCCCCCCCCCCCCCCCN(C(C)=O)[C@@H]1[C@@H](OCc2ccccc2)[C@H](O)[C@@H](COCc2ccccc2)O[C@H]1O. The number of carbonyl (C=O) groups is 1. The molecule has 1 fully saturated rings. The van der Waals surface area contributed by atoms with E-state index in [9.17, 15) is 15.0 Å². The van der Waals surface area contributed by atoms with E-state index in [1.165, 1.54) is 77.6 Å². The number of aliphatic hydroxyl groups is 2. The van der Waals surface area contributed by atoms with Crippen LogP contribution in [0.4, 0.5) is 0 Å². The van der Waals surface area contributed by atoms with Crippen molar-refractivity contribution < 1.29 is 29.2 Å². The summed E-state index contributed by atoms with van der Waals surface area (Å²) < 4.78 is 18.0. The summed E-state index contributed by atoms with van der Waals surface area (Å²) in [7, 11) is 0. The first kappa shape index (κ1) is 37.2. The maximum Gasteiger partial charge on any atom is 0.219 e. The molecule has 0 aromatic heterocycles. The number of unbranched alkanes of at least 4 members (excludes halogenated alkanes) is 13. The lowest BCUT2D eigenvalue weighted by Gasteiger charge is -2.47. The fraction of sp³-hybridized carbons (Fsp3) is 0.658. The molecule has 1 amide bonds. The summed E-state index contributed by atoms with van der Waals surface area (Å²) in [5, 5.41) is 22.7. The fourth-order valence-corrected chi connectivity index (χ4v) is 6.21. The van der Waals surface area contributed by atoms with Crippen LogP contribution in [0, 0.1) is 0 Å². The highest BCUT2D eigenvalue weighted by Gasteiger charge is 2.48. The Hall–Kier alpha value is -2.29. The van der Waals surface area contributed by atoms with E-state index in [0.717, 1.165) is 30.4 Å². The molecule has 45 heavy (non-hydrogen) atoms. The molecule has 0 saturated carbocycles. The number of nitrogens with zero attached hydrogens (tertiary/aromatic N) is 1. The van der Waals surface area contributed by atoms with Crippen LogP contribution >= 0.6 is 0 Å². The van der Waals surface area contributed by atoms with Gasteiger partial charge >= 0.3 is 0 Å². The largest absolute Gasteiger partial charge is 0.388 e. The number of benzene rings is 2. The second-order valence-corrected chi connectivity index (χ2v) is 12.6. The second-order valence-electron chi connectivity index (χ2n) is 12.6. The van der Waals surface area contributed by atoms with Crippen molar-refractivity contribution >= 4 is 5.91 Å². The van der Waals surface area contributed by atoms with Gasteiger partial charge in [-0.3, -0.25) is 4.79 Å². The maximum absolute atomic E-state index is 12.9. The lowest BCUT2D eigenvalue weighted by molar-refractivity contribution is -0.282. The van der Waals surface area contributed by atoms with Crippen LogP contribution in [0.15, 0.2) is 60.7 Å². The van der Waals surface area contributed by atoms with Crippen molar-refractivity contribution in [2.24, 2.45) is 0 Å². The molecule has 5 atom stereocenters. The van der Waals surface area contributed by atoms with Crippen molar-refractivity contribution in [3.8, 4) is 0 Å². The van der Waals surface area contributed by atoms with E-state index in [-0.39, 0.29) is 19.1 Å². The van der Waals surface area contributed by atoms with Crippen molar-refractivity contribution in [2.45, 2.75) is 148 Å². The Labute approximate surface area is 272 Å². The van der Waals surface area contributed by atoms with E-state index in [4.69, 9.17) is 14.2 Å². The van der Waals surface area contributed by atoms with Crippen LogP contribution in [0.25, 0.3) is 0 Å². The topological polar surface area (TPSA) is 88.5 Å². The molecule has 0 radical (unpaired) electrons. The predicted molar refractivity (Wildman–Crippen MR) is 179 cm³/mol. The number of rotatable bonds is 23. The molecule has 1 saturated heterocycles. The highest BCUT2D eigenvalue weighted by atomic mass is 16.6. The van der Waals surface area contributed by atoms with E-state index >= 15 is 0 Å². The molecule has 2 aromatic rings. The first-order valence-corrected chi connectivity index (χ1v) is 17.6. The van der Waals surface area contributed by atoms with Gasteiger partial charge in [0.05, 0.1) is 19.8 Å². The van der Waals surface area contributed by atoms with Crippen molar-refractivity contribution in [3.05, 3.63) is 71.8 Å². The maximum atomic E-state index is 12.9. The average Bonchev–Trinajstić information content (AvgIpc) is 3.05. The number of hydrogen-bond donors (Lipinski definition) is 2. The normalized spacial score (nSPS) is 21.6. The van der Waals surface area contributed by atoms with Crippen LogP contribution < -0.4 is 0 Å². The van der Waals surface area contributed by atoms with Crippen molar-refractivity contribution in [3.63, 3.8) is 0 Å². The van der Waals surface area contributed by atoms with Crippen molar-refractivity contribution in [1.82, 2.24) is 4.90 Å². The van der Waals surface area contributed by atoms with Crippen LogP contribution in [0.1, 0.15) is 115 Å². The van der Waals surface area contributed by atoms with Crippen LogP contribution in [0.5, 0.6) is 0 Å². The van der Waals surface area contributed by atoms with Gasteiger partial charge in [-0.1, -0.05) is 151 Å². The van der Waals surface area contributed by atoms with Gasteiger partial charge in [0.25, 0.3) is 0 Å². The van der Waals surface area contributed by atoms with Crippen molar-refractivity contribution in [1.29, 1.82) is 0 Å². The van der Waals surface area contributed by atoms with E-state index in [0.29, 0.717) is 13.2 Å². The molecule has 2 N–H and O–H groups in total. The first-order chi connectivity index (χ1) is 22.0. The number of aliphatic hydroxyl groups excluding tert-OH is 2. The molecule has 1 aliphatic heterocycles. The van der Waals surface area contributed by atoms with Crippen LogP contribution in [-0.4, -0.2) is 64.8 Å². The number of amides is 1. The summed E-state index contributed by atoms with van der Waals surface area (Å²) in [4.78, 5) is 14.5. The van der Waals surface area contributed by atoms with Gasteiger partial charge in [0.2, 0.25) is 5.91 Å². The molecule has 2 aromatic carbocycles. The number of hydrogen-bond acceptors (Lipinski definition) is 6. The fourth-order valence-electron chi connectivity index (χ4n) is 6.21. The highest BCUT2D eigenvalue weighted by Crippen LogP contribution is 2.29. The molecule has 3 rings (SSSR count). The zero-order chi connectivity index (χ0) is 32.1. The standard InChI is InChI=1S/C38H59NO6/c1-3-4-5-6-7-8-9-10-11-12-13-14-15-22-27-39(31(2)40)35-37(44-29-33-25-20-17-21-26-33)36(41)34(45-38(35)42)30-43-28-32-23-18-16-19-24-32/h16-21,23-26,34-38,41-42H,3-15,22,27-30H2,1-2H3/t34-,35-,36-,37-,38-/m1/s1. The third-order valence-corrected chi connectivity index (χ3v) is 8.86. The van der Waals surface area contributed by atoms with Crippen LogP contribution in [0.3, 0.4) is 0 Å². The Morgan fingerprint density at radius 3 is 1.73 bits per heavy atom. The van der Waals surface area contributed by atoms with Gasteiger partial charge in [-0.05, 0) is 17.5 Å². The monoisotopic (exact) mass is 625 g/mol. The Morgan fingerprint density at radius 2 is 1.22 bits per heavy atom. The summed E-state index contributed by atoms with van der Waals surface area (Å²) >= 11 is 0. The zero-order valence-electron chi connectivity index (χ0n) is 27.9. The molecule has 0 spiro atoms. The van der Waals surface area contributed by atoms with E-state index in [1.54, 1.807) is 4.90 Å². The van der Waals surface area contributed by atoms with Crippen LogP contribution in [0.2, 0.25) is 0 Å². The Morgan fingerprint density at radius 1 is 0.733 bits per heavy atom. The smallest absolute Gasteiger partial charge is 0.219 e. The summed E-state index contributed by atoms with van der Waals surface area (Å²) in [5.41, 5.74) is 1.96. The highest BCUT2D eigenvalue weighted by molar-refractivity contribution is 5.73. The molecule has 0 aliphatic carbocycles. The molecule has 0 unspecified atom stereocenters. The molecule has 1 aliphatic rings. The summed E-state index contributed by atoms with van der Waals surface area (Å²) in [6.07, 6.45) is 13.6. The van der Waals surface area contributed by atoms with Crippen molar-refractivity contribution in [2.75, 3.05) is 13.2 Å². The molecule has 7 nitrogen and oxygen atoms in total. The minimum atomic E-state index is -1.31. The summed E-state index contributed by atoms with van der Waals surface area (Å²) in [5.74, 6) is -0.170. The van der Waals surface area contributed by atoms with Gasteiger partial charge in [0.15, 0.2) is 6.29 Å². The number of carbonyl (C=O) groups excluding carboxylic acids is 1. The molecule has 7 heteroatoms. The third-order valence-electron chi connectivity index (χ3n) is 8.86. The van der Waals surface area contributed by atoms with E-state index in [1.807, 2.05) is 60.7 Å². The van der Waals surface area contributed by atoms with Gasteiger partial charge < -0.3 is 29.3 Å². The predicted octanol–water partition coefficient (Wildman–Crippen LogP) is 7.57. The summed E-state index contributed by atoms with van der Waals surface area (Å²) in [6.45, 7) is 4.94. The Balaban J connectivity index is 1.47. The molecular weight excluding hydrogens is 566 g/mol. The lowest BCUT2D eigenvalue weighted by atomic mass is 9.94. The second kappa shape index (κ2) is 22.3. The average molecular weight is 626 g/mol. The molecule has 0 bridgehead atoms. The Bertz CT molecular complexity index is 1020. The number of ether oxygens (including phenoxy) is 3. The quantitative estimate of drug-likeness (QED) is 0.124. The molecule has 1 heterocycles. The molecule has 252 valence electrons. The minimum Gasteiger partial charge on any atom is -0.388 e. The van der Waals surface area contributed by atoms with Gasteiger partial charge in [0.1, 0.15) is 24.4 Å². The summed E-state index contributed by atoms with van der Waals surface area (Å²) in [6, 6.07) is 18.7. The zero-order valence-corrected chi connectivity index (χ0v) is 27.9. The van der Waals surface area contributed by atoms with E-state index < -0.39 is 30.6 Å². The van der Waals surface area contributed by atoms with E-state index in [2.05, 4.69) is 6.92 Å². The minimum absolute atomic E-state index is 0.0874. The van der Waals surface area contributed by atoms with Gasteiger partial charge in [0, 0.05) is 13.5 Å². The first-order valence-electron chi connectivity index (χ1n) is 17.6. The van der Waals surface area contributed by atoms with Gasteiger partial charge in [-0.15, -0.1) is 0 Å². The van der Waals surface area contributed by atoms with Crippen LogP contribution in [-0.2, 0) is 32.2 Å². The third kappa shape index (κ3) is 13.9. The molecular formula is C38H59NO6.